The summed E-state index contributed by atoms with van der Waals surface area (Å²) >= 11 is 0. The number of hydrogen-bond acceptors (Lipinski definition) is 1. The van der Waals surface area contributed by atoms with Gasteiger partial charge in [0.2, 0.25) is 5.91 Å². The first-order chi connectivity index (χ1) is 8.65. The van der Waals surface area contributed by atoms with E-state index in [2.05, 4.69) is 43.0 Å². The molecule has 0 spiro atoms. The third-order valence-corrected chi connectivity index (χ3v) is 4.47. The second-order valence-electron chi connectivity index (χ2n) is 6.06. The van der Waals surface area contributed by atoms with E-state index in [4.69, 9.17) is 0 Å². The Morgan fingerprint density at radius 1 is 1.33 bits per heavy atom. The predicted molar refractivity (Wildman–Crippen MR) is 72.2 cm³/mol. The van der Waals surface area contributed by atoms with Gasteiger partial charge in [-0.15, -0.1) is 0 Å². The van der Waals surface area contributed by atoms with Crippen molar-refractivity contribution < 1.29 is 4.79 Å². The number of hydrogen-bond donors (Lipinski definition) is 0. The van der Waals surface area contributed by atoms with Crippen LogP contribution in [0.4, 0.5) is 0 Å². The highest BCUT2D eigenvalue weighted by atomic mass is 16.2. The van der Waals surface area contributed by atoms with Crippen LogP contribution < -0.4 is 0 Å². The fraction of sp³-hybridized carbons (Fsp3) is 0.562. The number of benzene rings is 1. The zero-order chi connectivity index (χ0) is 12.7. The van der Waals surface area contributed by atoms with Gasteiger partial charge in [-0.1, -0.05) is 31.2 Å². The van der Waals surface area contributed by atoms with Crippen LogP contribution in [0.3, 0.4) is 0 Å². The molecule has 96 valence electrons. The minimum Gasteiger partial charge on any atom is -0.342 e. The summed E-state index contributed by atoms with van der Waals surface area (Å²) in [5.74, 6) is 2.06. The summed E-state index contributed by atoms with van der Waals surface area (Å²) < 4.78 is 0. The first-order valence-electron chi connectivity index (χ1n) is 6.98. The average molecular weight is 243 g/mol. The van der Waals surface area contributed by atoms with Gasteiger partial charge in [0.05, 0.1) is 0 Å². The van der Waals surface area contributed by atoms with E-state index in [9.17, 15) is 4.79 Å². The van der Waals surface area contributed by atoms with Gasteiger partial charge < -0.3 is 4.90 Å². The van der Waals surface area contributed by atoms with Gasteiger partial charge in [-0.2, -0.15) is 0 Å². The lowest BCUT2D eigenvalue weighted by atomic mass is 9.90. The second-order valence-corrected chi connectivity index (χ2v) is 6.06. The van der Waals surface area contributed by atoms with Gasteiger partial charge in [0.15, 0.2) is 0 Å². The van der Waals surface area contributed by atoms with Crippen molar-refractivity contribution in [1.82, 2.24) is 4.90 Å². The van der Waals surface area contributed by atoms with Crippen LogP contribution in [-0.2, 0) is 11.2 Å². The van der Waals surface area contributed by atoms with E-state index in [1.807, 2.05) is 0 Å². The lowest BCUT2D eigenvalue weighted by molar-refractivity contribution is -0.139. The van der Waals surface area contributed by atoms with Gasteiger partial charge in [-0.3, -0.25) is 4.79 Å². The summed E-state index contributed by atoms with van der Waals surface area (Å²) in [6.07, 6.45) is 2.23. The number of amides is 1. The zero-order valence-corrected chi connectivity index (χ0v) is 11.2. The Labute approximate surface area is 109 Å². The summed E-state index contributed by atoms with van der Waals surface area (Å²) in [5.41, 5.74) is 2.81. The third-order valence-electron chi connectivity index (χ3n) is 4.47. The molecule has 2 fully saturated rings. The van der Waals surface area contributed by atoms with E-state index in [0.29, 0.717) is 23.7 Å². The van der Waals surface area contributed by atoms with Crippen molar-refractivity contribution in [3.63, 3.8) is 0 Å². The fourth-order valence-electron chi connectivity index (χ4n) is 2.93. The predicted octanol–water partition coefficient (Wildman–Crippen LogP) is 2.65. The van der Waals surface area contributed by atoms with Crippen molar-refractivity contribution in [3.05, 3.63) is 35.4 Å². The van der Waals surface area contributed by atoms with E-state index in [0.717, 1.165) is 25.9 Å². The number of carbonyl (C=O) groups excluding carboxylic acids is 1. The Kier molecular flexibility index (Phi) is 2.89. The van der Waals surface area contributed by atoms with Crippen LogP contribution in [0.2, 0.25) is 0 Å². The van der Waals surface area contributed by atoms with Gasteiger partial charge in [0.1, 0.15) is 0 Å². The first-order valence-corrected chi connectivity index (χ1v) is 6.98. The van der Waals surface area contributed by atoms with Crippen LogP contribution in [0.1, 0.15) is 24.5 Å². The smallest absolute Gasteiger partial charge is 0.225 e. The molecular formula is C16H21NO. The molecule has 2 nitrogen and oxygen atoms in total. The second kappa shape index (κ2) is 4.42. The molecule has 2 unspecified atom stereocenters. The first kappa shape index (κ1) is 11.8. The molecule has 0 radical (unpaired) electrons. The standard InChI is InChI=1S/C16H21NO/c1-11-5-3-4-6-14(11)8-13-9-17(10-13)16(18)15-7-12(15)2/h3-6,12-13,15H,7-10H2,1-2H3. The van der Waals surface area contributed by atoms with Crippen LogP contribution in [0.5, 0.6) is 0 Å². The number of aryl methyl sites for hydroxylation is 1. The minimum atomic E-state index is 0.351. The molecule has 2 atom stereocenters. The highest BCUT2D eigenvalue weighted by Crippen LogP contribution is 2.40. The van der Waals surface area contributed by atoms with Crippen molar-refractivity contribution >= 4 is 5.91 Å². The molecule has 3 rings (SSSR count). The van der Waals surface area contributed by atoms with Crippen LogP contribution in [0.25, 0.3) is 0 Å². The van der Waals surface area contributed by atoms with Gasteiger partial charge in [0.25, 0.3) is 0 Å². The zero-order valence-electron chi connectivity index (χ0n) is 11.2. The molecule has 0 N–H and O–H groups in total. The summed E-state index contributed by atoms with van der Waals surface area (Å²) in [5, 5.41) is 0. The molecule has 0 bridgehead atoms. The van der Waals surface area contributed by atoms with Crippen molar-refractivity contribution in [3.8, 4) is 0 Å². The van der Waals surface area contributed by atoms with Gasteiger partial charge in [-0.25, -0.2) is 0 Å². The Bertz CT molecular complexity index is 462. The van der Waals surface area contributed by atoms with Crippen LogP contribution >= 0.6 is 0 Å². The fourth-order valence-corrected chi connectivity index (χ4v) is 2.93. The maximum atomic E-state index is 12.0. The largest absolute Gasteiger partial charge is 0.342 e. The van der Waals surface area contributed by atoms with Crippen LogP contribution in [0, 0.1) is 24.7 Å². The SMILES string of the molecule is Cc1ccccc1CC1CN(C(=O)C2CC2C)C1. The van der Waals surface area contributed by atoms with Crippen LogP contribution in [0.15, 0.2) is 24.3 Å². The Morgan fingerprint density at radius 3 is 2.61 bits per heavy atom. The Balaban J connectivity index is 1.51. The quantitative estimate of drug-likeness (QED) is 0.799. The molecule has 1 aromatic carbocycles. The van der Waals surface area contributed by atoms with Crippen molar-refractivity contribution in [2.24, 2.45) is 17.8 Å². The number of rotatable bonds is 3. The highest BCUT2D eigenvalue weighted by Gasteiger charge is 2.44. The maximum Gasteiger partial charge on any atom is 0.225 e. The molecule has 0 aromatic heterocycles. The van der Waals surface area contributed by atoms with E-state index < -0.39 is 0 Å². The number of carbonyl (C=O) groups is 1. The average Bonchev–Trinajstić information content (AvgIpc) is 3.02. The number of likely N-dealkylation sites (tertiary alicyclic amines) is 1. The molecule has 1 aliphatic carbocycles. The normalized spacial score (nSPS) is 26.9. The molecule has 18 heavy (non-hydrogen) atoms. The van der Waals surface area contributed by atoms with E-state index in [1.165, 1.54) is 11.1 Å². The van der Waals surface area contributed by atoms with Crippen LogP contribution in [-0.4, -0.2) is 23.9 Å². The molecule has 1 amide bonds. The molecular weight excluding hydrogens is 222 g/mol. The lowest BCUT2D eigenvalue weighted by Gasteiger charge is -2.40. The lowest BCUT2D eigenvalue weighted by Crippen LogP contribution is -2.51. The molecule has 1 saturated carbocycles. The van der Waals surface area contributed by atoms with Crippen molar-refractivity contribution in [1.29, 1.82) is 0 Å². The molecule has 1 saturated heterocycles. The van der Waals surface area contributed by atoms with Gasteiger partial charge in [-0.05, 0) is 42.7 Å². The molecule has 1 aliphatic heterocycles. The molecule has 1 aromatic rings. The van der Waals surface area contributed by atoms with E-state index in [1.54, 1.807) is 0 Å². The van der Waals surface area contributed by atoms with Gasteiger partial charge >= 0.3 is 0 Å². The van der Waals surface area contributed by atoms with Crippen molar-refractivity contribution in [2.45, 2.75) is 26.7 Å². The third kappa shape index (κ3) is 2.16. The summed E-state index contributed by atoms with van der Waals surface area (Å²) in [4.78, 5) is 14.0. The Hall–Kier alpha value is -1.31. The molecule has 1 heterocycles. The maximum absolute atomic E-state index is 12.0. The highest BCUT2D eigenvalue weighted by molar-refractivity contribution is 5.82. The van der Waals surface area contributed by atoms with E-state index >= 15 is 0 Å². The molecule has 2 heteroatoms. The monoisotopic (exact) mass is 243 g/mol. The van der Waals surface area contributed by atoms with E-state index in [-0.39, 0.29) is 0 Å². The summed E-state index contributed by atoms with van der Waals surface area (Å²) in [6, 6.07) is 8.57. The minimum absolute atomic E-state index is 0.351. The molecule has 2 aliphatic rings. The summed E-state index contributed by atoms with van der Waals surface area (Å²) in [7, 11) is 0. The topological polar surface area (TPSA) is 20.3 Å². The van der Waals surface area contributed by atoms with Gasteiger partial charge in [0, 0.05) is 19.0 Å². The van der Waals surface area contributed by atoms with Crippen molar-refractivity contribution in [2.75, 3.05) is 13.1 Å². The Morgan fingerprint density at radius 2 is 2.00 bits per heavy atom. The summed E-state index contributed by atoms with van der Waals surface area (Å²) in [6.45, 7) is 6.28. The number of nitrogens with zero attached hydrogens (tertiary/aromatic N) is 1.